The van der Waals surface area contributed by atoms with Crippen molar-refractivity contribution in [3.63, 3.8) is 0 Å². The molecule has 0 amide bonds. The molecule has 1 heterocycles. The molecule has 2 aromatic rings. The van der Waals surface area contributed by atoms with Crippen LogP contribution in [0, 0.1) is 6.92 Å². The highest BCUT2D eigenvalue weighted by atomic mass is 35.5. The molecule has 21 heavy (non-hydrogen) atoms. The van der Waals surface area contributed by atoms with Crippen molar-refractivity contribution < 1.29 is 0 Å². The Morgan fingerprint density at radius 2 is 2.19 bits per heavy atom. The molecule has 0 fully saturated rings. The predicted molar refractivity (Wildman–Crippen MR) is 88.8 cm³/mol. The average Bonchev–Trinajstić information content (AvgIpc) is 2.87. The molecule has 1 atom stereocenters. The molecule has 0 saturated heterocycles. The smallest absolute Gasteiger partial charge is 0.108 e. The molecule has 4 heteroatoms. The minimum atomic E-state index is 0.320. The molecule has 0 spiro atoms. The highest BCUT2D eigenvalue weighted by Gasteiger charge is 2.14. The molecule has 1 N–H and O–H groups in total. The quantitative estimate of drug-likeness (QED) is 0.836. The van der Waals surface area contributed by atoms with E-state index >= 15 is 0 Å². The highest BCUT2D eigenvalue weighted by molar-refractivity contribution is 6.30. The monoisotopic (exact) mass is 305 g/mol. The summed E-state index contributed by atoms with van der Waals surface area (Å²) in [7, 11) is 2.04. The van der Waals surface area contributed by atoms with Crippen molar-refractivity contribution in [3.8, 4) is 0 Å². The molecule has 0 aliphatic carbocycles. The van der Waals surface area contributed by atoms with E-state index < -0.39 is 0 Å². The van der Waals surface area contributed by atoms with Crippen LogP contribution in [-0.2, 0) is 13.5 Å². The minimum absolute atomic E-state index is 0.320. The van der Waals surface area contributed by atoms with Gasteiger partial charge in [0, 0.05) is 36.9 Å². The van der Waals surface area contributed by atoms with Gasteiger partial charge in [0.1, 0.15) is 5.82 Å². The van der Waals surface area contributed by atoms with Crippen molar-refractivity contribution in [2.75, 3.05) is 6.54 Å². The fourth-order valence-electron chi connectivity index (χ4n) is 2.58. The van der Waals surface area contributed by atoms with Crippen molar-refractivity contribution in [2.45, 2.75) is 39.2 Å². The lowest BCUT2D eigenvalue weighted by Gasteiger charge is -2.21. The van der Waals surface area contributed by atoms with Crippen molar-refractivity contribution >= 4 is 11.6 Å². The molecule has 0 aliphatic heterocycles. The van der Waals surface area contributed by atoms with Gasteiger partial charge < -0.3 is 9.88 Å². The van der Waals surface area contributed by atoms with Gasteiger partial charge in [-0.3, -0.25) is 0 Å². The Balaban J connectivity index is 2.13. The van der Waals surface area contributed by atoms with Crippen LogP contribution in [0.5, 0.6) is 0 Å². The molecular formula is C17H24ClN3. The molecule has 3 nitrogen and oxygen atoms in total. The molecule has 1 unspecified atom stereocenters. The third kappa shape index (κ3) is 4.32. The van der Waals surface area contributed by atoms with Crippen LogP contribution in [0.4, 0.5) is 0 Å². The van der Waals surface area contributed by atoms with E-state index in [1.165, 1.54) is 11.1 Å². The van der Waals surface area contributed by atoms with Gasteiger partial charge in [0.2, 0.25) is 0 Å². The van der Waals surface area contributed by atoms with Crippen molar-refractivity contribution in [1.29, 1.82) is 0 Å². The van der Waals surface area contributed by atoms with Gasteiger partial charge in [-0.1, -0.05) is 24.6 Å². The van der Waals surface area contributed by atoms with E-state index in [1.807, 2.05) is 25.5 Å². The van der Waals surface area contributed by atoms with Crippen molar-refractivity contribution in [3.05, 3.63) is 52.6 Å². The van der Waals surface area contributed by atoms with Crippen LogP contribution in [0.2, 0.25) is 5.02 Å². The number of nitrogens with zero attached hydrogens (tertiary/aromatic N) is 2. The van der Waals surface area contributed by atoms with Gasteiger partial charge >= 0.3 is 0 Å². The summed E-state index contributed by atoms with van der Waals surface area (Å²) >= 11 is 6.18. The summed E-state index contributed by atoms with van der Waals surface area (Å²) in [6.07, 6.45) is 6.95. The summed E-state index contributed by atoms with van der Waals surface area (Å²) < 4.78 is 2.09. The first-order chi connectivity index (χ1) is 10.1. The van der Waals surface area contributed by atoms with Crippen LogP contribution in [0.25, 0.3) is 0 Å². The van der Waals surface area contributed by atoms with Gasteiger partial charge in [-0.05, 0) is 49.6 Å². The van der Waals surface area contributed by atoms with E-state index in [4.69, 9.17) is 11.6 Å². The first kappa shape index (κ1) is 16.1. The second-order valence-electron chi connectivity index (χ2n) is 5.50. The highest BCUT2D eigenvalue weighted by Crippen LogP contribution is 2.25. The van der Waals surface area contributed by atoms with E-state index in [2.05, 4.69) is 40.8 Å². The number of aromatic nitrogens is 2. The largest absolute Gasteiger partial charge is 0.338 e. The van der Waals surface area contributed by atoms with E-state index in [1.54, 1.807) is 0 Å². The second-order valence-corrected chi connectivity index (χ2v) is 5.94. The normalized spacial score (nSPS) is 12.6. The third-order valence-electron chi connectivity index (χ3n) is 3.84. The summed E-state index contributed by atoms with van der Waals surface area (Å²) in [4.78, 5) is 4.41. The average molecular weight is 306 g/mol. The standard InChI is InChI=1S/C17H24ClN3/c1-4-9-19-16(7-8-17-20-10-11-21(17)3)15-12-14(18)6-5-13(15)2/h5-6,10-12,16,19H,4,7-9H2,1-3H3. The van der Waals surface area contributed by atoms with Crippen LogP contribution >= 0.6 is 11.6 Å². The van der Waals surface area contributed by atoms with E-state index in [9.17, 15) is 0 Å². The van der Waals surface area contributed by atoms with Gasteiger partial charge in [-0.15, -0.1) is 0 Å². The summed E-state index contributed by atoms with van der Waals surface area (Å²) in [6, 6.07) is 6.46. The molecule has 0 saturated carbocycles. The molecule has 1 aromatic carbocycles. The Labute approximate surface area is 132 Å². The SMILES string of the molecule is CCCNC(CCc1nccn1C)c1cc(Cl)ccc1C. The van der Waals surface area contributed by atoms with E-state index in [-0.39, 0.29) is 0 Å². The summed E-state index contributed by atoms with van der Waals surface area (Å²) in [5.74, 6) is 1.12. The van der Waals surface area contributed by atoms with Gasteiger partial charge in [0.25, 0.3) is 0 Å². The lowest BCUT2D eigenvalue weighted by molar-refractivity contribution is 0.489. The zero-order chi connectivity index (χ0) is 15.2. The molecule has 1 aromatic heterocycles. The zero-order valence-electron chi connectivity index (χ0n) is 13.1. The van der Waals surface area contributed by atoms with Crippen LogP contribution in [0.15, 0.2) is 30.6 Å². The number of benzene rings is 1. The maximum absolute atomic E-state index is 6.18. The Hall–Kier alpha value is -1.32. The van der Waals surface area contributed by atoms with Crippen LogP contribution in [0.3, 0.4) is 0 Å². The maximum Gasteiger partial charge on any atom is 0.108 e. The molecular weight excluding hydrogens is 282 g/mol. The van der Waals surface area contributed by atoms with Crippen molar-refractivity contribution in [1.82, 2.24) is 14.9 Å². The molecule has 2 rings (SSSR count). The summed E-state index contributed by atoms with van der Waals surface area (Å²) in [6.45, 7) is 5.35. The summed E-state index contributed by atoms with van der Waals surface area (Å²) in [5, 5.41) is 4.44. The number of halogens is 1. The van der Waals surface area contributed by atoms with Crippen LogP contribution < -0.4 is 5.32 Å². The summed E-state index contributed by atoms with van der Waals surface area (Å²) in [5.41, 5.74) is 2.58. The second kappa shape index (κ2) is 7.62. The number of hydrogen-bond donors (Lipinski definition) is 1. The molecule has 0 aliphatic rings. The first-order valence-corrected chi connectivity index (χ1v) is 7.95. The number of aryl methyl sites for hydroxylation is 3. The van der Waals surface area contributed by atoms with Crippen LogP contribution in [0.1, 0.15) is 42.8 Å². The Morgan fingerprint density at radius 3 is 2.86 bits per heavy atom. The number of nitrogens with one attached hydrogen (secondary N) is 1. The van der Waals surface area contributed by atoms with Crippen LogP contribution in [-0.4, -0.2) is 16.1 Å². The molecule has 0 bridgehead atoms. The Morgan fingerprint density at radius 1 is 1.38 bits per heavy atom. The Bertz CT molecular complexity index is 577. The first-order valence-electron chi connectivity index (χ1n) is 7.57. The zero-order valence-corrected chi connectivity index (χ0v) is 13.8. The molecule has 0 radical (unpaired) electrons. The fourth-order valence-corrected chi connectivity index (χ4v) is 2.76. The van der Waals surface area contributed by atoms with Gasteiger partial charge in [0.05, 0.1) is 0 Å². The van der Waals surface area contributed by atoms with E-state index in [0.717, 1.165) is 36.7 Å². The lowest BCUT2D eigenvalue weighted by Crippen LogP contribution is -2.24. The Kier molecular flexibility index (Phi) is 5.83. The molecule has 114 valence electrons. The number of imidazole rings is 1. The predicted octanol–water partition coefficient (Wildman–Crippen LogP) is 4.06. The minimum Gasteiger partial charge on any atom is -0.338 e. The lowest BCUT2D eigenvalue weighted by atomic mass is 9.97. The number of rotatable bonds is 7. The van der Waals surface area contributed by atoms with Gasteiger partial charge in [0.15, 0.2) is 0 Å². The third-order valence-corrected chi connectivity index (χ3v) is 4.07. The van der Waals surface area contributed by atoms with Crippen molar-refractivity contribution in [2.24, 2.45) is 7.05 Å². The topological polar surface area (TPSA) is 29.9 Å². The van der Waals surface area contributed by atoms with Gasteiger partial charge in [-0.25, -0.2) is 4.98 Å². The number of hydrogen-bond acceptors (Lipinski definition) is 2. The van der Waals surface area contributed by atoms with E-state index in [0.29, 0.717) is 6.04 Å². The fraction of sp³-hybridized carbons (Fsp3) is 0.471. The maximum atomic E-state index is 6.18. The van der Waals surface area contributed by atoms with Gasteiger partial charge in [-0.2, -0.15) is 0 Å².